The normalized spacial score (nSPS) is 21.0. The zero-order valence-corrected chi connectivity index (χ0v) is 36.7. The number of rotatable bonds is 18. The van der Waals surface area contributed by atoms with E-state index in [2.05, 4.69) is 52.3 Å². The Hall–Kier alpha value is -4.80. The second-order valence-corrected chi connectivity index (χ2v) is 18.9. The summed E-state index contributed by atoms with van der Waals surface area (Å²) in [5.74, 6) is -3.18. The van der Waals surface area contributed by atoms with Gasteiger partial charge in [-0.2, -0.15) is 28.7 Å². The number of hydrazine groups is 2. The Kier molecular flexibility index (Phi) is 14.9. The highest BCUT2D eigenvalue weighted by atomic mass is 35.5. The molecule has 2 aromatic heterocycles. The number of hydrogen-bond acceptors (Lipinski definition) is 14. The van der Waals surface area contributed by atoms with E-state index in [4.69, 9.17) is 33.4 Å². The minimum atomic E-state index is -1.21. The van der Waals surface area contributed by atoms with Crippen molar-refractivity contribution in [2.45, 2.75) is 101 Å². The largest absolute Gasteiger partial charge is 0.465 e. The molecule has 8 rings (SSSR count). The van der Waals surface area contributed by atoms with Crippen LogP contribution >= 0.6 is 23.2 Å². The molecule has 2 aliphatic heterocycles. The third kappa shape index (κ3) is 11.9. The maximum absolute atomic E-state index is 15.0. The number of nitrogens with one attached hydrogen (secondary N) is 6. The molecule has 2 atom stereocenters. The number of carboxylic acid groups (broad SMARTS) is 2. The summed E-state index contributed by atoms with van der Waals surface area (Å²) in [7, 11) is 0. The predicted octanol–water partition coefficient (Wildman–Crippen LogP) is 4.27. The number of hydrogen-bond donors (Lipinski definition) is 10. The zero-order valence-electron chi connectivity index (χ0n) is 35.2. The highest BCUT2D eigenvalue weighted by Gasteiger charge is 2.54. The fourth-order valence-electron chi connectivity index (χ4n) is 9.42. The van der Waals surface area contributed by atoms with Crippen molar-refractivity contribution in [3.63, 3.8) is 0 Å². The first-order valence-corrected chi connectivity index (χ1v) is 22.7. The molecule has 24 heteroatoms. The van der Waals surface area contributed by atoms with E-state index in [1.54, 1.807) is 9.80 Å². The fraction of sp³-hybridized carbons (Fsp3) is 0.700. The van der Waals surface area contributed by atoms with Gasteiger partial charge in [0.05, 0.1) is 38.0 Å². The van der Waals surface area contributed by atoms with E-state index in [0.717, 1.165) is 77.0 Å². The number of carbonyl (C=O) groups is 4. The van der Waals surface area contributed by atoms with Gasteiger partial charge in [0.1, 0.15) is 11.2 Å². The molecule has 0 unspecified atom stereocenters. The van der Waals surface area contributed by atoms with E-state index in [-0.39, 0.29) is 84.9 Å². The Morgan fingerprint density at radius 1 is 0.609 bits per heavy atom. The van der Waals surface area contributed by atoms with Gasteiger partial charge in [-0.3, -0.25) is 31.3 Å². The van der Waals surface area contributed by atoms with Crippen molar-refractivity contribution in [2.75, 3.05) is 59.9 Å². The van der Waals surface area contributed by atoms with E-state index >= 15 is 8.78 Å². The van der Waals surface area contributed by atoms with Gasteiger partial charge in [-0.05, 0) is 85.4 Å². The quantitative estimate of drug-likeness (QED) is 0.0738. The lowest BCUT2D eigenvalue weighted by Gasteiger charge is -2.47. The van der Waals surface area contributed by atoms with Gasteiger partial charge in [0.15, 0.2) is 23.3 Å². The molecule has 352 valence electrons. The van der Waals surface area contributed by atoms with Gasteiger partial charge in [0.2, 0.25) is 34.0 Å². The van der Waals surface area contributed by atoms with Crippen LogP contribution in [0, 0.1) is 47.1 Å². The SMILES string of the molecule is O=C(O)NC[C@@H](CC1CCCC1)C(=O)NNc1nc(Cl)nc(N2CC(O)(C3CC3)C2)c1F.O=C(O)NC[C@@H](CC1CCCC1)C(=O)NNc1nc(Cl)nc(N2CC(O)(C3CC3)C2)c1F. The number of β-amino-alcohol motifs (C(OH)–C–C–N with tert-alkyl or cyclic N) is 2. The minimum Gasteiger partial charge on any atom is -0.465 e. The van der Waals surface area contributed by atoms with Crippen molar-refractivity contribution in [3.05, 3.63) is 22.2 Å². The molecule has 0 radical (unpaired) electrons. The van der Waals surface area contributed by atoms with E-state index in [0.29, 0.717) is 24.7 Å². The topological polar surface area (TPSA) is 279 Å². The summed E-state index contributed by atoms with van der Waals surface area (Å²) in [6, 6.07) is 0. The molecule has 4 heterocycles. The second-order valence-electron chi connectivity index (χ2n) is 18.2. The molecule has 2 saturated heterocycles. The molecule has 2 aromatic rings. The molecule has 4 aliphatic carbocycles. The number of amides is 4. The summed E-state index contributed by atoms with van der Waals surface area (Å²) in [6.07, 6.45) is 11.0. The van der Waals surface area contributed by atoms with E-state index in [9.17, 15) is 29.4 Å². The standard InChI is InChI=1S/2C20H28ClFN6O4/c2*21-18-24-15(14(22)16(25-18)28-9-20(32,10-28)13-5-6-13)26-27-17(29)12(8-23-19(30)31)7-11-3-1-2-4-11/h2*11-13,23,32H,1-10H2,(H,27,29)(H,30,31)(H,24,25,26)/t2*12-/m11/s1. The monoisotopic (exact) mass is 940 g/mol. The van der Waals surface area contributed by atoms with Crippen LogP contribution < -0.4 is 42.1 Å². The third-order valence-corrected chi connectivity index (χ3v) is 13.6. The molecule has 0 bridgehead atoms. The van der Waals surface area contributed by atoms with Gasteiger partial charge >= 0.3 is 12.2 Å². The summed E-state index contributed by atoms with van der Waals surface area (Å²) < 4.78 is 30.0. The molecule has 6 aliphatic rings. The third-order valence-electron chi connectivity index (χ3n) is 13.3. The zero-order chi connectivity index (χ0) is 45.8. The minimum absolute atomic E-state index is 0.0366. The van der Waals surface area contributed by atoms with Crippen LogP contribution in [0.25, 0.3) is 0 Å². The average molecular weight is 942 g/mol. The van der Waals surface area contributed by atoms with Crippen LogP contribution in [0.1, 0.15) is 89.9 Å². The van der Waals surface area contributed by atoms with Crippen molar-refractivity contribution in [1.82, 2.24) is 41.4 Å². The number of aliphatic hydroxyl groups is 2. The molecule has 20 nitrogen and oxygen atoms in total. The van der Waals surface area contributed by atoms with Crippen LogP contribution in [0.4, 0.5) is 41.6 Å². The summed E-state index contributed by atoms with van der Waals surface area (Å²) in [5, 5.41) is 42.9. The van der Waals surface area contributed by atoms with Crippen molar-refractivity contribution >= 4 is 70.5 Å². The first kappa shape index (κ1) is 47.2. The maximum atomic E-state index is 15.0. The Morgan fingerprint density at radius 3 is 1.27 bits per heavy atom. The summed E-state index contributed by atoms with van der Waals surface area (Å²) in [5.41, 5.74) is 8.16. The van der Waals surface area contributed by atoms with Crippen LogP contribution in [-0.4, -0.2) is 115 Å². The fourth-order valence-corrected chi connectivity index (χ4v) is 9.75. The lowest BCUT2D eigenvalue weighted by Crippen LogP contribution is -2.63. The Morgan fingerprint density at radius 2 is 0.953 bits per heavy atom. The van der Waals surface area contributed by atoms with Gasteiger partial charge in [-0.1, -0.05) is 51.4 Å². The van der Waals surface area contributed by atoms with Crippen molar-refractivity contribution in [2.24, 2.45) is 35.5 Å². The average Bonchev–Trinajstić information content (AvgIpc) is 4.16. The highest BCUT2D eigenvalue weighted by molar-refractivity contribution is 6.28. The van der Waals surface area contributed by atoms with Crippen LogP contribution in [0.2, 0.25) is 10.6 Å². The smallest absolute Gasteiger partial charge is 0.404 e. The van der Waals surface area contributed by atoms with E-state index in [1.807, 2.05) is 0 Å². The molecule has 64 heavy (non-hydrogen) atoms. The van der Waals surface area contributed by atoms with Crippen molar-refractivity contribution < 1.29 is 48.4 Å². The Balaban J connectivity index is 0.000000191. The highest BCUT2D eigenvalue weighted by Crippen LogP contribution is 2.47. The van der Waals surface area contributed by atoms with Crippen LogP contribution in [0.15, 0.2) is 0 Å². The molecule has 0 spiro atoms. The lowest BCUT2D eigenvalue weighted by atomic mass is 9.89. The van der Waals surface area contributed by atoms with Crippen LogP contribution in [0.5, 0.6) is 0 Å². The summed E-state index contributed by atoms with van der Waals surface area (Å²) >= 11 is 11.9. The second kappa shape index (κ2) is 20.2. The van der Waals surface area contributed by atoms with Gasteiger partial charge in [-0.25, -0.2) is 9.59 Å². The number of carbonyl (C=O) groups excluding carboxylic acids is 2. The van der Waals surface area contributed by atoms with Gasteiger partial charge in [-0.15, -0.1) is 0 Å². The first-order chi connectivity index (χ1) is 30.5. The van der Waals surface area contributed by atoms with Gasteiger partial charge in [0, 0.05) is 13.1 Å². The van der Waals surface area contributed by atoms with Crippen LogP contribution in [-0.2, 0) is 9.59 Å². The van der Waals surface area contributed by atoms with E-state index < -0.39 is 58.7 Å². The lowest BCUT2D eigenvalue weighted by molar-refractivity contribution is -0.125. The number of halogens is 4. The Bertz CT molecular complexity index is 1890. The first-order valence-electron chi connectivity index (χ1n) is 22.0. The van der Waals surface area contributed by atoms with Crippen molar-refractivity contribution in [1.29, 1.82) is 0 Å². The maximum Gasteiger partial charge on any atom is 0.404 e. The predicted molar refractivity (Wildman–Crippen MR) is 229 cm³/mol. The van der Waals surface area contributed by atoms with Crippen LogP contribution in [0.3, 0.4) is 0 Å². The number of nitrogens with zero attached hydrogens (tertiary/aromatic N) is 6. The summed E-state index contributed by atoms with van der Waals surface area (Å²) in [4.78, 5) is 65.9. The van der Waals surface area contributed by atoms with Gasteiger partial charge in [0.25, 0.3) is 0 Å². The Labute approximate surface area is 378 Å². The molecule has 10 N–H and O–H groups in total. The molecule has 6 fully saturated rings. The van der Waals surface area contributed by atoms with Gasteiger partial charge < -0.3 is 40.9 Å². The molecule has 0 aromatic carbocycles. The molecular weight excluding hydrogens is 885 g/mol. The number of aromatic nitrogens is 4. The molecular formula is C40H56Cl2F2N12O8. The van der Waals surface area contributed by atoms with Crippen molar-refractivity contribution in [3.8, 4) is 0 Å². The van der Waals surface area contributed by atoms with E-state index in [1.165, 1.54) is 0 Å². The summed E-state index contributed by atoms with van der Waals surface area (Å²) in [6.45, 7) is 0.975. The molecule has 4 saturated carbocycles. The molecule has 4 amide bonds. The number of anilines is 4.